The maximum Gasteiger partial charge on any atom is 0.191 e. The first-order chi connectivity index (χ1) is 13.3. The molecule has 0 spiro atoms. The Morgan fingerprint density at radius 2 is 1.89 bits per heavy atom. The van der Waals surface area contributed by atoms with Crippen LogP contribution in [0.15, 0.2) is 46.8 Å². The predicted octanol–water partition coefficient (Wildman–Crippen LogP) is 3.67. The summed E-state index contributed by atoms with van der Waals surface area (Å²) in [5.41, 5.74) is 2.69. The number of hydrogen-bond acceptors (Lipinski definition) is 4. The minimum Gasteiger partial charge on any atom is -0.379 e. The fraction of sp³-hybridized carbons (Fsp3) is 0.476. The molecule has 28 heavy (non-hydrogen) atoms. The van der Waals surface area contributed by atoms with Gasteiger partial charge in [0.25, 0.3) is 0 Å². The quantitative estimate of drug-likeness (QED) is 0.337. The van der Waals surface area contributed by atoms with Gasteiger partial charge in [0.2, 0.25) is 0 Å². The standard InChI is InChI=1S/C21H30N4OS.HI/c1-17(20-8-5-13-27-20)14-23-21(22-2)24-15-18-6-3-4-7-19(18)16-25-9-11-26-12-10-25;/h3-8,13,17H,9-12,14-16H2,1-2H3,(H2,22,23,24);1H. The molecule has 154 valence electrons. The molecule has 1 saturated heterocycles. The molecule has 0 bridgehead atoms. The van der Waals surface area contributed by atoms with Gasteiger partial charge in [0, 0.05) is 50.6 Å². The molecular formula is C21H31IN4OS. The molecule has 1 aliphatic rings. The van der Waals surface area contributed by atoms with E-state index >= 15 is 0 Å². The monoisotopic (exact) mass is 514 g/mol. The third-order valence-electron chi connectivity index (χ3n) is 4.89. The Labute approximate surface area is 189 Å². The van der Waals surface area contributed by atoms with Gasteiger partial charge in [0.05, 0.1) is 13.2 Å². The van der Waals surface area contributed by atoms with Gasteiger partial charge in [-0.3, -0.25) is 9.89 Å². The number of benzene rings is 1. The minimum atomic E-state index is 0. The van der Waals surface area contributed by atoms with Crippen LogP contribution in [0.3, 0.4) is 0 Å². The fourth-order valence-electron chi connectivity index (χ4n) is 3.21. The molecule has 0 aliphatic carbocycles. The zero-order valence-electron chi connectivity index (χ0n) is 16.7. The zero-order chi connectivity index (χ0) is 18.9. The van der Waals surface area contributed by atoms with Crippen molar-refractivity contribution >= 4 is 41.3 Å². The van der Waals surface area contributed by atoms with E-state index in [9.17, 15) is 0 Å². The molecule has 2 aromatic rings. The number of aliphatic imine (C=N–C) groups is 1. The van der Waals surface area contributed by atoms with Crippen LogP contribution in [-0.2, 0) is 17.8 Å². The lowest BCUT2D eigenvalue weighted by molar-refractivity contribution is 0.0341. The van der Waals surface area contributed by atoms with Gasteiger partial charge in [0.15, 0.2) is 5.96 Å². The molecule has 0 saturated carbocycles. The van der Waals surface area contributed by atoms with Crippen molar-refractivity contribution in [3.05, 3.63) is 57.8 Å². The Morgan fingerprint density at radius 3 is 2.57 bits per heavy atom. The number of guanidine groups is 1. The van der Waals surface area contributed by atoms with E-state index in [1.54, 1.807) is 11.3 Å². The van der Waals surface area contributed by atoms with Crippen LogP contribution in [-0.4, -0.2) is 50.8 Å². The Bertz CT molecular complexity index is 717. The Morgan fingerprint density at radius 1 is 1.14 bits per heavy atom. The van der Waals surface area contributed by atoms with Crippen molar-refractivity contribution in [1.29, 1.82) is 0 Å². The summed E-state index contributed by atoms with van der Waals surface area (Å²) in [5, 5.41) is 9.04. The average Bonchev–Trinajstić information content (AvgIpc) is 3.25. The van der Waals surface area contributed by atoms with Crippen molar-refractivity contribution in [3.8, 4) is 0 Å². The number of nitrogens with zero attached hydrogens (tertiary/aromatic N) is 2. The van der Waals surface area contributed by atoms with Crippen LogP contribution in [0, 0.1) is 0 Å². The lowest BCUT2D eigenvalue weighted by atomic mass is 10.1. The summed E-state index contributed by atoms with van der Waals surface area (Å²) in [6, 6.07) is 12.9. The smallest absolute Gasteiger partial charge is 0.191 e. The van der Waals surface area contributed by atoms with E-state index in [0.29, 0.717) is 5.92 Å². The van der Waals surface area contributed by atoms with Crippen molar-refractivity contribution in [3.63, 3.8) is 0 Å². The first-order valence-corrected chi connectivity index (χ1v) is 10.5. The van der Waals surface area contributed by atoms with E-state index in [-0.39, 0.29) is 24.0 Å². The SMILES string of the molecule is CN=C(NCc1ccccc1CN1CCOCC1)NCC(C)c1cccs1.I. The highest BCUT2D eigenvalue weighted by atomic mass is 127. The van der Waals surface area contributed by atoms with Gasteiger partial charge in [-0.25, -0.2) is 0 Å². The molecule has 0 amide bonds. The molecular weight excluding hydrogens is 483 g/mol. The Kier molecular flexibility index (Phi) is 10.3. The molecule has 7 heteroatoms. The maximum atomic E-state index is 5.46. The molecule has 5 nitrogen and oxygen atoms in total. The second kappa shape index (κ2) is 12.4. The molecule has 1 aromatic heterocycles. The van der Waals surface area contributed by atoms with Crippen LogP contribution in [0.4, 0.5) is 0 Å². The number of halogens is 1. The maximum absolute atomic E-state index is 5.46. The van der Waals surface area contributed by atoms with Crippen LogP contribution in [0.25, 0.3) is 0 Å². The highest BCUT2D eigenvalue weighted by Gasteiger charge is 2.13. The first-order valence-electron chi connectivity index (χ1n) is 9.61. The summed E-state index contributed by atoms with van der Waals surface area (Å²) < 4.78 is 5.46. The fourth-order valence-corrected chi connectivity index (χ4v) is 3.99. The molecule has 2 N–H and O–H groups in total. The molecule has 1 unspecified atom stereocenters. The van der Waals surface area contributed by atoms with Gasteiger partial charge in [-0.2, -0.15) is 0 Å². The third-order valence-corrected chi connectivity index (χ3v) is 5.99. The van der Waals surface area contributed by atoms with Crippen molar-refractivity contribution < 1.29 is 4.74 Å². The van der Waals surface area contributed by atoms with Crippen LogP contribution < -0.4 is 10.6 Å². The van der Waals surface area contributed by atoms with E-state index in [1.165, 1.54) is 16.0 Å². The predicted molar refractivity (Wildman–Crippen MR) is 129 cm³/mol. The molecule has 1 atom stereocenters. The van der Waals surface area contributed by atoms with Gasteiger partial charge < -0.3 is 15.4 Å². The molecule has 3 rings (SSSR count). The topological polar surface area (TPSA) is 48.9 Å². The van der Waals surface area contributed by atoms with E-state index in [4.69, 9.17) is 4.74 Å². The summed E-state index contributed by atoms with van der Waals surface area (Å²) in [4.78, 5) is 8.23. The van der Waals surface area contributed by atoms with Crippen molar-refractivity contribution in [2.75, 3.05) is 39.9 Å². The third kappa shape index (κ3) is 7.02. The number of rotatable bonds is 7. The van der Waals surface area contributed by atoms with Gasteiger partial charge in [-0.15, -0.1) is 35.3 Å². The number of morpholine rings is 1. The van der Waals surface area contributed by atoms with Crippen LogP contribution in [0.5, 0.6) is 0 Å². The number of ether oxygens (including phenoxy) is 1. The molecule has 1 aromatic carbocycles. The molecule has 2 heterocycles. The summed E-state index contributed by atoms with van der Waals surface area (Å²) >= 11 is 1.81. The van der Waals surface area contributed by atoms with E-state index in [2.05, 4.69) is 69.2 Å². The summed E-state index contributed by atoms with van der Waals surface area (Å²) in [6.07, 6.45) is 0. The summed E-state index contributed by atoms with van der Waals surface area (Å²) in [7, 11) is 1.82. The highest BCUT2D eigenvalue weighted by Crippen LogP contribution is 2.19. The lowest BCUT2D eigenvalue weighted by Crippen LogP contribution is -2.39. The summed E-state index contributed by atoms with van der Waals surface area (Å²) in [6.45, 7) is 8.53. The minimum absolute atomic E-state index is 0. The molecule has 0 radical (unpaired) electrons. The molecule has 1 aliphatic heterocycles. The van der Waals surface area contributed by atoms with Gasteiger partial charge in [-0.05, 0) is 22.6 Å². The van der Waals surface area contributed by atoms with Crippen LogP contribution >= 0.6 is 35.3 Å². The molecule has 1 fully saturated rings. The number of thiophene rings is 1. The lowest BCUT2D eigenvalue weighted by Gasteiger charge is -2.27. The normalized spacial score (nSPS) is 16.3. The largest absolute Gasteiger partial charge is 0.379 e. The Hall–Kier alpha value is -1.16. The van der Waals surface area contributed by atoms with Gasteiger partial charge in [0.1, 0.15) is 0 Å². The average molecular weight is 514 g/mol. The van der Waals surface area contributed by atoms with Crippen molar-refractivity contribution in [2.24, 2.45) is 4.99 Å². The first kappa shape index (κ1) is 23.1. The van der Waals surface area contributed by atoms with Gasteiger partial charge >= 0.3 is 0 Å². The number of hydrogen-bond donors (Lipinski definition) is 2. The summed E-state index contributed by atoms with van der Waals surface area (Å²) in [5.74, 6) is 1.32. The van der Waals surface area contributed by atoms with Crippen LogP contribution in [0.1, 0.15) is 28.8 Å². The second-order valence-corrected chi connectivity index (χ2v) is 7.86. The zero-order valence-corrected chi connectivity index (χ0v) is 19.8. The Balaban J connectivity index is 0.00000280. The van der Waals surface area contributed by atoms with E-state index < -0.39 is 0 Å². The second-order valence-electron chi connectivity index (χ2n) is 6.88. The number of nitrogens with one attached hydrogen (secondary N) is 2. The van der Waals surface area contributed by atoms with Crippen LogP contribution in [0.2, 0.25) is 0 Å². The highest BCUT2D eigenvalue weighted by molar-refractivity contribution is 14.0. The van der Waals surface area contributed by atoms with E-state index in [1.807, 2.05) is 7.05 Å². The van der Waals surface area contributed by atoms with Crippen molar-refractivity contribution in [1.82, 2.24) is 15.5 Å². The van der Waals surface area contributed by atoms with E-state index in [0.717, 1.165) is 51.9 Å². The van der Waals surface area contributed by atoms with Crippen molar-refractivity contribution in [2.45, 2.75) is 25.9 Å². The van der Waals surface area contributed by atoms with Gasteiger partial charge in [-0.1, -0.05) is 37.3 Å².